The average molecular weight is 237 g/mol. The first-order valence-corrected chi connectivity index (χ1v) is 6.61. The molecule has 0 rings (SSSR count). The van der Waals surface area contributed by atoms with Gasteiger partial charge in [-0.15, -0.1) is 0 Å². The van der Waals surface area contributed by atoms with Crippen molar-refractivity contribution in [1.29, 1.82) is 0 Å². The molecule has 6 nitrogen and oxygen atoms in total. The fraction of sp³-hybridized carbons (Fsp3) is 0.875. The van der Waals surface area contributed by atoms with Gasteiger partial charge in [-0.25, -0.2) is 13.1 Å². The fourth-order valence-electron chi connectivity index (χ4n) is 0.822. The van der Waals surface area contributed by atoms with Crippen LogP contribution in [0.3, 0.4) is 0 Å². The van der Waals surface area contributed by atoms with Crippen LogP contribution in [0.4, 0.5) is 0 Å². The highest BCUT2D eigenvalue weighted by Crippen LogP contribution is 1.98. The van der Waals surface area contributed by atoms with E-state index in [1.165, 1.54) is 0 Å². The second kappa shape index (κ2) is 6.04. The van der Waals surface area contributed by atoms with E-state index in [9.17, 15) is 13.2 Å². The smallest absolute Gasteiger partial charge is 0.224 e. The Kier molecular flexibility index (Phi) is 5.77. The first-order valence-electron chi connectivity index (χ1n) is 4.72. The Hall–Kier alpha value is -0.660. The van der Waals surface area contributed by atoms with Gasteiger partial charge in [0.05, 0.1) is 6.26 Å². The molecule has 0 aromatic carbocycles. The van der Waals surface area contributed by atoms with Crippen molar-refractivity contribution in [2.75, 3.05) is 19.3 Å². The lowest BCUT2D eigenvalue weighted by molar-refractivity contribution is -0.124. The second-order valence-corrected chi connectivity index (χ2v) is 5.44. The number of nitrogens with one attached hydrogen (secondary N) is 2. The van der Waals surface area contributed by atoms with Gasteiger partial charge in [0.15, 0.2) is 0 Å². The van der Waals surface area contributed by atoms with Crippen LogP contribution in [0.25, 0.3) is 0 Å². The van der Waals surface area contributed by atoms with Gasteiger partial charge in [-0.05, 0) is 6.92 Å². The maximum Gasteiger partial charge on any atom is 0.224 e. The number of sulfonamides is 1. The molecule has 0 saturated heterocycles. The molecule has 4 N–H and O–H groups in total. The van der Waals surface area contributed by atoms with E-state index in [1.54, 1.807) is 13.8 Å². The van der Waals surface area contributed by atoms with Crippen LogP contribution in [0.5, 0.6) is 0 Å². The lowest BCUT2D eigenvalue weighted by Crippen LogP contribution is -2.41. The summed E-state index contributed by atoms with van der Waals surface area (Å²) in [6.07, 6.45) is 1.07. The third-order valence-electron chi connectivity index (χ3n) is 1.99. The van der Waals surface area contributed by atoms with E-state index in [0.717, 1.165) is 6.26 Å². The van der Waals surface area contributed by atoms with Crippen LogP contribution in [0.15, 0.2) is 0 Å². The molecule has 90 valence electrons. The summed E-state index contributed by atoms with van der Waals surface area (Å²) in [4.78, 5) is 11.3. The van der Waals surface area contributed by atoms with E-state index < -0.39 is 10.0 Å². The molecule has 1 amide bonds. The monoisotopic (exact) mass is 237 g/mol. The third kappa shape index (κ3) is 7.29. The molecule has 0 heterocycles. The normalized spacial score (nSPS) is 15.7. The van der Waals surface area contributed by atoms with Crippen molar-refractivity contribution >= 4 is 15.9 Å². The molecule has 2 unspecified atom stereocenters. The number of hydrogen-bond donors (Lipinski definition) is 3. The zero-order valence-corrected chi connectivity index (χ0v) is 10.1. The van der Waals surface area contributed by atoms with Gasteiger partial charge in [-0.2, -0.15) is 0 Å². The largest absolute Gasteiger partial charge is 0.355 e. The van der Waals surface area contributed by atoms with E-state index in [4.69, 9.17) is 5.73 Å². The summed E-state index contributed by atoms with van der Waals surface area (Å²) >= 11 is 0. The second-order valence-electron chi connectivity index (χ2n) is 3.61. The lowest BCUT2D eigenvalue weighted by Gasteiger charge is -2.15. The Labute approximate surface area is 90.7 Å². The number of hydrogen-bond acceptors (Lipinski definition) is 4. The molecule has 0 aliphatic carbocycles. The first kappa shape index (κ1) is 14.3. The molecule has 15 heavy (non-hydrogen) atoms. The molecular weight excluding hydrogens is 218 g/mol. The van der Waals surface area contributed by atoms with Crippen molar-refractivity contribution in [3.05, 3.63) is 0 Å². The molecule has 2 atom stereocenters. The Morgan fingerprint density at radius 1 is 1.33 bits per heavy atom. The number of nitrogens with two attached hydrogens (primary N) is 1. The molecule has 0 aliphatic heterocycles. The SMILES string of the molecule is CC(N)C(C)C(=O)NCCNS(C)(=O)=O. The van der Waals surface area contributed by atoms with Gasteiger partial charge in [0, 0.05) is 25.0 Å². The van der Waals surface area contributed by atoms with Gasteiger partial charge >= 0.3 is 0 Å². The van der Waals surface area contributed by atoms with E-state index in [1.807, 2.05) is 0 Å². The molecule has 0 bridgehead atoms. The molecule has 7 heteroatoms. The van der Waals surface area contributed by atoms with Crippen molar-refractivity contribution in [2.24, 2.45) is 11.7 Å². The summed E-state index contributed by atoms with van der Waals surface area (Å²) in [5.74, 6) is -0.441. The zero-order valence-electron chi connectivity index (χ0n) is 9.28. The Morgan fingerprint density at radius 2 is 1.87 bits per heavy atom. The minimum absolute atomic E-state index is 0.166. The standard InChI is InChI=1S/C8H19N3O3S/c1-6(7(2)9)8(12)10-4-5-11-15(3,13)14/h6-7,11H,4-5,9H2,1-3H3,(H,10,12). The number of amides is 1. The van der Waals surface area contributed by atoms with Crippen LogP contribution in [0.2, 0.25) is 0 Å². The van der Waals surface area contributed by atoms with E-state index in [0.29, 0.717) is 0 Å². The molecule has 0 radical (unpaired) electrons. The van der Waals surface area contributed by atoms with Gasteiger partial charge in [-0.3, -0.25) is 4.79 Å². The average Bonchev–Trinajstić information content (AvgIpc) is 2.09. The minimum atomic E-state index is -3.18. The Balaban J connectivity index is 3.74. The van der Waals surface area contributed by atoms with Crippen LogP contribution < -0.4 is 15.8 Å². The number of rotatable bonds is 6. The maximum atomic E-state index is 11.3. The number of carbonyl (C=O) groups excluding carboxylic acids is 1. The molecule has 0 fully saturated rings. The van der Waals surface area contributed by atoms with Gasteiger partial charge < -0.3 is 11.1 Å². The number of carbonyl (C=O) groups is 1. The van der Waals surface area contributed by atoms with Crippen molar-refractivity contribution < 1.29 is 13.2 Å². The van der Waals surface area contributed by atoms with Crippen molar-refractivity contribution in [3.63, 3.8) is 0 Å². The van der Waals surface area contributed by atoms with Crippen molar-refractivity contribution in [2.45, 2.75) is 19.9 Å². The van der Waals surface area contributed by atoms with Gasteiger partial charge in [0.25, 0.3) is 0 Å². The first-order chi connectivity index (χ1) is 6.74. The van der Waals surface area contributed by atoms with E-state index in [2.05, 4.69) is 10.0 Å². The minimum Gasteiger partial charge on any atom is -0.355 e. The fourth-order valence-corrected chi connectivity index (χ4v) is 1.29. The van der Waals surface area contributed by atoms with Gasteiger partial charge in [0.1, 0.15) is 0 Å². The lowest BCUT2D eigenvalue weighted by atomic mass is 10.0. The van der Waals surface area contributed by atoms with Crippen molar-refractivity contribution in [3.8, 4) is 0 Å². The topological polar surface area (TPSA) is 101 Å². The van der Waals surface area contributed by atoms with Gasteiger partial charge in [0.2, 0.25) is 15.9 Å². The van der Waals surface area contributed by atoms with E-state index >= 15 is 0 Å². The van der Waals surface area contributed by atoms with Crippen LogP contribution in [0.1, 0.15) is 13.8 Å². The quantitative estimate of drug-likeness (QED) is 0.496. The zero-order chi connectivity index (χ0) is 12.1. The third-order valence-corrected chi connectivity index (χ3v) is 2.72. The summed E-state index contributed by atoms with van der Waals surface area (Å²) in [5.41, 5.74) is 5.54. The summed E-state index contributed by atoms with van der Waals surface area (Å²) < 4.78 is 23.6. The summed E-state index contributed by atoms with van der Waals surface area (Å²) in [6.45, 7) is 3.93. The van der Waals surface area contributed by atoms with Crippen LogP contribution in [-0.4, -0.2) is 39.7 Å². The van der Waals surface area contributed by atoms with Crippen LogP contribution in [-0.2, 0) is 14.8 Å². The highest BCUT2D eigenvalue weighted by molar-refractivity contribution is 7.88. The Morgan fingerprint density at radius 3 is 2.27 bits per heavy atom. The van der Waals surface area contributed by atoms with Crippen LogP contribution >= 0.6 is 0 Å². The molecule has 0 aliphatic rings. The van der Waals surface area contributed by atoms with Gasteiger partial charge in [-0.1, -0.05) is 6.92 Å². The summed E-state index contributed by atoms with van der Waals surface area (Å²) in [7, 11) is -3.18. The van der Waals surface area contributed by atoms with E-state index in [-0.39, 0.29) is 31.0 Å². The maximum absolute atomic E-state index is 11.3. The molecule has 0 spiro atoms. The molecule has 0 aromatic heterocycles. The molecule has 0 saturated carbocycles. The Bertz CT molecular complexity index is 300. The summed E-state index contributed by atoms with van der Waals surface area (Å²) in [6, 6.07) is -0.215. The predicted octanol–water partition coefficient (Wildman–Crippen LogP) is -1.36. The van der Waals surface area contributed by atoms with Crippen molar-refractivity contribution in [1.82, 2.24) is 10.0 Å². The highest BCUT2D eigenvalue weighted by atomic mass is 32.2. The van der Waals surface area contributed by atoms with Crippen LogP contribution in [0, 0.1) is 5.92 Å². The summed E-state index contributed by atoms with van der Waals surface area (Å²) in [5, 5.41) is 2.59. The highest BCUT2D eigenvalue weighted by Gasteiger charge is 2.16. The molecular formula is C8H19N3O3S. The predicted molar refractivity (Wildman–Crippen MR) is 58.7 cm³/mol. The molecule has 0 aromatic rings.